The van der Waals surface area contributed by atoms with Gasteiger partial charge in [-0.15, -0.1) is 0 Å². The van der Waals surface area contributed by atoms with Gasteiger partial charge in [-0.1, -0.05) is 48.6 Å². The average Bonchev–Trinajstić information content (AvgIpc) is 2.45. The van der Waals surface area contributed by atoms with Crippen molar-refractivity contribution in [3.05, 3.63) is 71.0 Å². The Morgan fingerprint density at radius 3 is 2.53 bits per heavy atom. The van der Waals surface area contributed by atoms with E-state index in [1.165, 1.54) is 12.1 Å². The molecule has 2 aromatic carbocycles. The van der Waals surface area contributed by atoms with Crippen LogP contribution < -0.4 is 0 Å². The highest BCUT2D eigenvalue weighted by Gasteiger charge is 2.11. The zero-order chi connectivity index (χ0) is 13.7. The van der Waals surface area contributed by atoms with Crippen LogP contribution in [0.3, 0.4) is 0 Å². The van der Waals surface area contributed by atoms with Crippen molar-refractivity contribution in [2.45, 2.75) is 12.8 Å². The predicted octanol–water partition coefficient (Wildman–Crippen LogP) is 3.99. The van der Waals surface area contributed by atoms with Gasteiger partial charge in [0.25, 0.3) is 0 Å². The summed E-state index contributed by atoms with van der Waals surface area (Å²) in [7, 11) is 0. The highest BCUT2D eigenvalue weighted by Crippen LogP contribution is 2.14. The van der Waals surface area contributed by atoms with Crippen LogP contribution in [0.5, 0.6) is 0 Å². The van der Waals surface area contributed by atoms with E-state index in [-0.39, 0.29) is 17.8 Å². The molecular formula is C16H13FOS. The van der Waals surface area contributed by atoms with Gasteiger partial charge in [0, 0.05) is 11.8 Å². The van der Waals surface area contributed by atoms with Gasteiger partial charge >= 0.3 is 0 Å². The second-order valence-corrected chi connectivity index (χ2v) is 4.46. The zero-order valence-corrected chi connectivity index (χ0v) is 11.1. The highest BCUT2D eigenvalue weighted by atomic mass is 32.1. The Kier molecular flexibility index (Phi) is 4.53. The summed E-state index contributed by atoms with van der Waals surface area (Å²) >= 11 is 4.93. The highest BCUT2D eigenvalue weighted by molar-refractivity contribution is 7.79. The fourth-order valence-corrected chi connectivity index (χ4v) is 2.18. The minimum absolute atomic E-state index is 0.155. The number of thiocarbonyl (C=S) groups is 1. The second kappa shape index (κ2) is 6.34. The number of halogens is 1. The minimum Gasteiger partial charge on any atom is -0.294 e. The molecule has 19 heavy (non-hydrogen) atoms. The topological polar surface area (TPSA) is 17.1 Å². The molecule has 0 saturated heterocycles. The zero-order valence-electron chi connectivity index (χ0n) is 10.3. The number of rotatable bonds is 5. The first-order valence-electron chi connectivity index (χ1n) is 6.03. The van der Waals surface area contributed by atoms with Crippen LogP contribution in [0.25, 0.3) is 0 Å². The van der Waals surface area contributed by atoms with E-state index in [2.05, 4.69) is 0 Å². The molecule has 0 atom stereocenters. The lowest BCUT2D eigenvalue weighted by Crippen LogP contribution is -2.04. The van der Waals surface area contributed by atoms with Crippen molar-refractivity contribution in [2.75, 3.05) is 0 Å². The first-order chi connectivity index (χ1) is 9.22. The van der Waals surface area contributed by atoms with Crippen LogP contribution in [0.15, 0.2) is 48.5 Å². The molecular weight excluding hydrogens is 259 g/mol. The van der Waals surface area contributed by atoms with Gasteiger partial charge in [-0.05, 0) is 29.7 Å². The van der Waals surface area contributed by atoms with Gasteiger partial charge in [-0.25, -0.2) is 4.39 Å². The molecule has 0 N–H and O–H groups in total. The molecule has 0 aliphatic carbocycles. The number of ketones is 1. The summed E-state index contributed by atoms with van der Waals surface area (Å²) < 4.78 is 13.5. The van der Waals surface area contributed by atoms with Crippen molar-refractivity contribution >= 4 is 23.4 Å². The molecule has 1 nitrogen and oxygen atoms in total. The molecule has 0 spiro atoms. The molecule has 0 saturated carbocycles. The molecule has 0 unspecified atom stereocenters. The van der Waals surface area contributed by atoms with E-state index in [0.717, 1.165) is 11.1 Å². The number of hydrogen-bond donors (Lipinski definition) is 0. The number of benzene rings is 2. The summed E-state index contributed by atoms with van der Waals surface area (Å²) in [5.41, 5.74) is 2.11. The first-order valence-corrected chi connectivity index (χ1v) is 6.50. The number of hydrogen-bond acceptors (Lipinski definition) is 2. The molecule has 3 heteroatoms. The second-order valence-electron chi connectivity index (χ2n) is 4.22. The molecule has 0 heterocycles. The lowest BCUT2D eigenvalue weighted by molar-refractivity contribution is 0.0979. The molecule has 0 aromatic heterocycles. The molecule has 0 amide bonds. The van der Waals surface area contributed by atoms with Crippen molar-refractivity contribution in [1.82, 2.24) is 0 Å². The lowest BCUT2D eigenvalue weighted by atomic mass is 9.99. The summed E-state index contributed by atoms with van der Waals surface area (Å²) in [6.45, 7) is 0. The summed E-state index contributed by atoms with van der Waals surface area (Å²) in [5, 5.41) is 1.60. The van der Waals surface area contributed by atoms with Gasteiger partial charge in [0.1, 0.15) is 5.82 Å². The molecule has 96 valence electrons. The molecule has 0 radical (unpaired) electrons. The van der Waals surface area contributed by atoms with E-state index in [9.17, 15) is 9.18 Å². The normalized spacial score (nSPS) is 10.2. The van der Waals surface area contributed by atoms with Crippen LogP contribution in [0.4, 0.5) is 4.39 Å². The van der Waals surface area contributed by atoms with E-state index in [1.54, 1.807) is 17.5 Å². The van der Waals surface area contributed by atoms with Crippen LogP contribution in [0.1, 0.15) is 27.9 Å². The lowest BCUT2D eigenvalue weighted by Gasteiger charge is -2.05. The maximum absolute atomic E-state index is 13.5. The van der Waals surface area contributed by atoms with E-state index in [1.807, 2.05) is 24.3 Å². The number of aryl methyl sites for hydroxylation is 1. The van der Waals surface area contributed by atoms with Gasteiger partial charge in [0.2, 0.25) is 0 Å². The first kappa shape index (κ1) is 13.6. The van der Waals surface area contributed by atoms with E-state index in [4.69, 9.17) is 12.2 Å². The van der Waals surface area contributed by atoms with Crippen LogP contribution in [-0.4, -0.2) is 11.2 Å². The van der Waals surface area contributed by atoms with Crippen molar-refractivity contribution in [3.8, 4) is 0 Å². The van der Waals surface area contributed by atoms with Crippen LogP contribution in [0.2, 0.25) is 0 Å². The summed E-state index contributed by atoms with van der Waals surface area (Å²) in [6, 6.07) is 13.7. The van der Waals surface area contributed by atoms with Crippen LogP contribution in [0, 0.1) is 5.82 Å². The molecule has 0 bridgehead atoms. The maximum atomic E-state index is 13.5. The predicted molar refractivity (Wildman–Crippen MR) is 78.3 cm³/mol. The third-order valence-corrected chi connectivity index (χ3v) is 3.23. The molecule has 0 fully saturated rings. The molecule has 0 aliphatic heterocycles. The fourth-order valence-electron chi connectivity index (χ4n) is 1.95. The summed E-state index contributed by atoms with van der Waals surface area (Å²) in [4.78, 5) is 12.0. The van der Waals surface area contributed by atoms with Crippen LogP contribution in [-0.2, 0) is 6.42 Å². The van der Waals surface area contributed by atoms with Gasteiger partial charge in [-0.2, -0.15) is 0 Å². The quantitative estimate of drug-likeness (QED) is 0.604. The van der Waals surface area contributed by atoms with E-state index in [0.29, 0.717) is 6.42 Å². The van der Waals surface area contributed by atoms with Crippen molar-refractivity contribution in [3.63, 3.8) is 0 Å². The Bertz CT molecular complexity index is 607. The monoisotopic (exact) mass is 272 g/mol. The smallest absolute Gasteiger partial charge is 0.166 e. The molecule has 2 aromatic rings. The minimum atomic E-state index is -0.462. The Morgan fingerprint density at radius 1 is 1.11 bits per heavy atom. The third-order valence-electron chi connectivity index (χ3n) is 2.98. The van der Waals surface area contributed by atoms with Crippen molar-refractivity contribution in [1.29, 1.82) is 0 Å². The van der Waals surface area contributed by atoms with Crippen molar-refractivity contribution in [2.24, 2.45) is 0 Å². The van der Waals surface area contributed by atoms with Gasteiger partial charge < -0.3 is 0 Å². The Labute approximate surface area is 117 Å². The van der Waals surface area contributed by atoms with Crippen molar-refractivity contribution < 1.29 is 9.18 Å². The molecule has 2 rings (SSSR count). The van der Waals surface area contributed by atoms with E-state index >= 15 is 0 Å². The number of Topliss-reactive ketones (excluding diaryl/α,β-unsaturated/α-hetero) is 1. The van der Waals surface area contributed by atoms with Gasteiger partial charge in [-0.3, -0.25) is 4.79 Å². The standard InChI is InChI=1S/C16H13FOS/c17-15-8-4-3-7-14(15)16(18)10-9-12-5-1-2-6-13(12)11-19/h1-8,11H,9-10H2. The summed E-state index contributed by atoms with van der Waals surface area (Å²) in [6.07, 6.45) is 0.845. The Morgan fingerprint density at radius 2 is 1.79 bits per heavy atom. The largest absolute Gasteiger partial charge is 0.294 e. The van der Waals surface area contributed by atoms with Gasteiger partial charge in [0.05, 0.1) is 5.56 Å². The third kappa shape index (κ3) is 3.32. The fraction of sp³-hybridized carbons (Fsp3) is 0.125. The SMILES string of the molecule is O=C(CCc1ccccc1C=S)c1ccccc1F. The maximum Gasteiger partial charge on any atom is 0.166 e. The average molecular weight is 272 g/mol. The summed E-state index contributed by atoms with van der Waals surface area (Å²) in [5.74, 6) is -0.645. The van der Waals surface area contributed by atoms with E-state index < -0.39 is 5.82 Å². The Balaban J connectivity index is 2.09. The number of carbonyl (C=O) groups excluding carboxylic acids is 1. The van der Waals surface area contributed by atoms with Gasteiger partial charge in [0.15, 0.2) is 5.78 Å². The molecule has 0 aliphatic rings. The number of carbonyl (C=O) groups is 1. The van der Waals surface area contributed by atoms with Crippen LogP contribution >= 0.6 is 12.2 Å². The Hall–Kier alpha value is -1.87.